The van der Waals surface area contributed by atoms with Gasteiger partial charge < -0.3 is 38.0 Å². The number of esters is 3. The van der Waals surface area contributed by atoms with E-state index in [0.29, 0.717) is 0 Å². The summed E-state index contributed by atoms with van der Waals surface area (Å²) in [5.74, 6) is -4.08. The highest BCUT2D eigenvalue weighted by Gasteiger charge is 2.83. The first kappa shape index (κ1) is 39.1. The van der Waals surface area contributed by atoms with Crippen LogP contribution >= 0.6 is 0 Å². The minimum absolute atomic E-state index is 0.0623. The number of carbonyl (C=O) groups excluding carboxylic acids is 5. The lowest BCUT2D eigenvalue weighted by atomic mass is 9.44. The average Bonchev–Trinajstić information content (AvgIpc) is 3.50. The van der Waals surface area contributed by atoms with Crippen LogP contribution in [-0.2, 0) is 47.2 Å². The zero-order chi connectivity index (χ0) is 38.9. The molecule has 53 heavy (non-hydrogen) atoms. The van der Waals surface area contributed by atoms with E-state index in [2.05, 4.69) is 20.8 Å². The van der Waals surface area contributed by atoms with E-state index in [9.17, 15) is 24.3 Å². The molecule has 0 aromatic heterocycles. The number of Topliss-reactive ketones (excluding diaryl/α,β-unsaturated/α-hetero) is 1. The molecule has 2 bridgehead atoms. The van der Waals surface area contributed by atoms with Crippen molar-refractivity contribution in [1.29, 1.82) is 0 Å². The fourth-order valence-electron chi connectivity index (χ4n) is 10.1. The van der Waals surface area contributed by atoms with E-state index < -0.39 is 103 Å². The van der Waals surface area contributed by atoms with Gasteiger partial charge in [-0.1, -0.05) is 59.7 Å². The van der Waals surface area contributed by atoms with Gasteiger partial charge in [0.1, 0.15) is 12.2 Å². The van der Waals surface area contributed by atoms with Gasteiger partial charge in [-0.15, -0.1) is 0 Å². The van der Waals surface area contributed by atoms with Crippen LogP contribution in [0.3, 0.4) is 0 Å². The van der Waals surface area contributed by atoms with Crippen LogP contribution in [0.1, 0.15) is 85.5 Å². The third-order valence-corrected chi connectivity index (χ3v) is 17.9. The second-order valence-corrected chi connectivity index (χ2v) is 20.5. The summed E-state index contributed by atoms with van der Waals surface area (Å²) < 4.78 is 44.6. The zero-order valence-corrected chi connectivity index (χ0v) is 33.0. The number of benzene rings is 1. The van der Waals surface area contributed by atoms with Crippen molar-refractivity contribution in [1.82, 2.24) is 0 Å². The topological polar surface area (TPSA) is 170 Å². The number of ether oxygens (including phenoxy) is 6. The number of fused-ring (bicyclic) bond motifs is 4. The molecule has 0 amide bonds. The smallest absolute Gasteiger partial charge is 0.454 e. The van der Waals surface area contributed by atoms with Gasteiger partial charge in [-0.25, -0.2) is 9.59 Å². The number of ketones is 1. The quantitative estimate of drug-likeness (QED) is 0.143. The van der Waals surface area contributed by atoms with E-state index in [0.717, 1.165) is 18.1 Å². The Labute approximate surface area is 311 Å². The molecule has 1 aromatic rings. The highest BCUT2D eigenvalue weighted by Crippen LogP contribution is 2.67. The molecule has 10 atom stereocenters. The van der Waals surface area contributed by atoms with Crippen LogP contribution in [-0.4, -0.2) is 97.7 Å². The van der Waals surface area contributed by atoms with Crippen molar-refractivity contribution in [3.8, 4) is 0 Å². The van der Waals surface area contributed by atoms with Crippen LogP contribution in [0.25, 0.3) is 0 Å². The van der Waals surface area contributed by atoms with Crippen LogP contribution in [0.4, 0.5) is 4.79 Å². The number of hydrogen-bond acceptors (Lipinski definition) is 13. The Morgan fingerprint density at radius 3 is 2.17 bits per heavy atom. The average molecular weight is 757 g/mol. The lowest BCUT2D eigenvalue weighted by Crippen LogP contribution is -2.83. The fraction of sp³-hybridized carbons (Fsp3) is 0.667. The van der Waals surface area contributed by atoms with E-state index in [1.807, 2.05) is 0 Å². The van der Waals surface area contributed by atoms with Gasteiger partial charge in [-0.2, -0.15) is 0 Å². The largest absolute Gasteiger partial charge is 0.509 e. The third kappa shape index (κ3) is 5.52. The Balaban J connectivity index is 1.74. The molecule has 5 aliphatic rings. The molecule has 2 saturated carbocycles. The molecule has 1 aromatic carbocycles. The van der Waals surface area contributed by atoms with E-state index >= 15 is 4.79 Å². The highest BCUT2D eigenvalue weighted by atomic mass is 28.4. The van der Waals surface area contributed by atoms with Gasteiger partial charge in [0.15, 0.2) is 38.0 Å². The van der Waals surface area contributed by atoms with Gasteiger partial charge in [-0.3, -0.25) is 14.4 Å². The van der Waals surface area contributed by atoms with E-state index in [4.69, 9.17) is 32.8 Å². The minimum atomic E-state index is -2.55. The molecule has 14 heteroatoms. The second kappa shape index (κ2) is 13.6. The van der Waals surface area contributed by atoms with Gasteiger partial charge in [0.05, 0.1) is 29.6 Å². The van der Waals surface area contributed by atoms with Crippen molar-refractivity contribution < 1.29 is 61.9 Å². The van der Waals surface area contributed by atoms with E-state index in [1.54, 1.807) is 65.0 Å². The molecule has 3 aliphatic carbocycles. The Morgan fingerprint density at radius 1 is 0.981 bits per heavy atom. The SMILES string of the molecule is CCC(=O)O[C@H]1C(=O)[C@@]2(C)C(C(OC(=O)c3ccccc3)[C@]34OC(=O)O[C@H]3[C@H](O)C(C)=C1C4(C)C)[C@]1(OC(C)=O)CO[C@@H]1C[C@@H]2O[Si](CC)(CC)CC. The number of hydrogen-bond donors (Lipinski definition) is 1. The zero-order valence-electron chi connectivity index (χ0n) is 32.0. The molecule has 2 saturated heterocycles. The summed E-state index contributed by atoms with van der Waals surface area (Å²) in [7, 11) is -2.55. The van der Waals surface area contributed by atoms with Crippen LogP contribution in [0.2, 0.25) is 18.1 Å². The molecule has 2 aliphatic heterocycles. The number of aliphatic hydroxyl groups is 1. The summed E-state index contributed by atoms with van der Waals surface area (Å²) in [6.45, 7) is 15.5. The van der Waals surface area contributed by atoms with Crippen molar-refractivity contribution in [2.75, 3.05) is 6.61 Å². The minimum Gasteiger partial charge on any atom is -0.454 e. The predicted molar refractivity (Wildman–Crippen MR) is 190 cm³/mol. The van der Waals surface area contributed by atoms with Gasteiger partial charge >= 0.3 is 24.1 Å². The summed E-state index contributed by atoms with van der Waals surface area (Å²) in [5.41, 5.74) is -6.32. The molecule has 1 N–H and O–H groups in total. The number of carbonyl (C=O) groups is 5. The first-order valence-electron chi connectivity index (χ1n) is 18.7. The monoisotopic (exact) mass is 756 g/mol. The molecular weight excluding hydrogens is 705 g/mol. The summed E-state index contributed by atoms with van der Waals surface area (Å²) in [6, 6.07) is 10.4. The summed E-state index contributed by atoms with van der Waals surface area (Å²) >= 11 is 0. The first-order chi connectivity index (χ1) is 24.9. The van der Waals surface area contributed by atoms with Crippen molar-refractivity contribution in [3.05, 3.63) is 47.0 Å². The van der Waals surface area contributed by atoms with E-state index in [-0.39, 0.29) is 36.2 Å². The van der Waals surface area contributed by atoms with Crippen molar-refractivity contribution >= 4 is 38.2 Å². The Morgan fingerprint density at radius 2 is 1.62 bits per heavy atom. The predicted octanol–water partition coefficient (Wildman–Crippen LogP) is 5.23. The van der Waals surface area contributed by atoms with E-state index in [1.165, 1.54) is 6.92 Å². The Kier molecular flexibility index (Phi) is 10.0. The molecule has 2 unspecified atom stereocenters. The molecule has 2 heterocycles. The second-order valence-electron chi connectivity index (χ2n) is 15.8. The standard InChI is InChI=1S/C39H52O13Si/c1-10-26(41)47-29-27-21(5)28(42)32-39(36(27,7)8,51-35(45)49-32)33(48-34(44)23-17-15-14-16-18-23)30-37(9,31(29)43)24(52-53(11-2,12-3)13-4)19-25-38(30,20-46-25)50-22(6)40/h14-18,24-25,28-30,32-33,42H,10-13,19-20H2,1-9H3/t24-,25+,28+,29+,30?,32-,33?,37+,38-,39+/m0/s1. The van der Waals surface area contributed by atoms with Gasteiger partial charge in [0, 0.05) is 25.2 Å². The molecule has 290 valence electrons. The molecule has 6 rings (SSSR count). The maximum Gasteiger partial charge on any atom is 0.509 e. The normalized spacial score (nSPS) is 37.0. The summed E-state index contributed by atoms with van der Waals surface area (Å²) in [6.07, 6.45) is -9.05. The van der Waals surface area contributed by atoms with Crippen LogP contribution < -0.4 is 0 Å². The van der Waals surface area contributed by atoms with Crippen LogP contribution in [0.15, 0.2) is 41.5 Å². The van der Waals surface area contributed by atoms with Crippen molar-refractivity contribution in [2.45, 2.75) is 141 Å². The number of aliphatic hydroxyl groups excluding tert-OH is 1. The Hall–Kier alpha value is -3.59. The van der Waals surface area contributed by atoms with Crippen LogP contribution in [0, 0.1) is 16.7 Å². The fourth-order valence-corrected chi connectivity index (χ4v) is 13.1. The lowest BCUT2D eigenvalue weighted by molar-refractivity contribution is -0.344. The maximum absolute atomic E-state index is 15.9. The third-order valence-electron chi connectivity index (χ3n) is 13.2. The molecule has 13 nitrogen and oxygen atoms in total. The molecule has 1 spiro atoms. The van der Waals surface area contributed by atoms with Gasteiger partial charge in [-0.05, 0) is 55.3 Å². The molecule has 4 fully saturated rings. The lowest BCUT2D eigenvalue weighted by Gasteiger charge is -2.68. The van der Waals surface area contributed by atoms with Gasteiger partial charge in [0.2, 0.25) is 5.60 Å². The first-order valence-corrected chi connectivity index (χ1v) is 21.2. The molecular formula is C39H52O13Si. The molecule has 0 radical (unpaired) electrons. The highest BCUT2D eigenvalue weighted by molar-refractivity contribution is 6.73. The number of rotatable bonds is 10. The van der Waals surface area contributed by atoms with Crippen molar-refractivity contribution in [2.24, 2.45) is 16.7 Å². The van der Waals surface area contributed by atoms with Crippen LogP contribution in [0.5, 0.6) is 0 Å². The summed E-state index contributed by atoms with van der Waals surface area (Å²) in [5, 5.41) is 12.0. The summed E-state index contributed by atoms with van der Waals surface area (Å²) in [4.78, 5) is 70.4. The Bertz CT molecular complexity index is 1690. The van der Waals surface area contributed by atoms with Gasteiger partial charge in [0.25, 0.3) is 0 Å². The van der Waals surface area contributed by atoms with Crippen molar-refractivity contribution in [3.63, 3.8) is 0 Å². The maximum atomic E-state index is 15.9.